The molecule has 0 radical (unpaired) electrons. The molecule has 2 aromatic heterocycles. The molecule has 0 aromatic carbocycles. The van der Waals surface area contributed by atoms with Crippen LogP contribution < -0.4 is 10.5 Å². The van der Waals surface area contributed by atoms with Gasteiger partial charge in [0.15, 0.2) is 9.92 Å². The molecular weight excluding hydrogens is 432 g/mol. The van der Waals surface area contributed by atoms with Crippen LogP contribution in [0.2, 0.25) is 0 Å². The Morgan fingerprint density at radius 3 is 2.74 bits per heavy atom. The van der Waals surface area contributed by atoms with Gasteiger partial charge in [-0.05, 0) is 80.0 Å². The second kappa shape index (κ2) is 7.95. The molecule has 2 heterocycles. The van der Waals surface area contributed by atoms with Gasteiger partial charge in [0.05, 0.1) is 11.3 Å². The minimum absolute atomic E-state index is 0.267. The van der Waals surface area contributed by atoms with E-state index in [9.17, 15) is 14.1 Å². The number of nitrogens with two attached hydrogens (primary N) is 1. The fourth-order valence-corrected chi connectivity index (χ4v) is 6.53. The van der Waals surface area contributed by atoms with E-state index in [1.165, 1.54) is 0 Å². The fraction of sp³-hybridized carbons (Fsp3) is 0.545. The van der Waals surface area contributed by atoms with Gasteiger partial charge in [-0.25, -0.2) is 14.1 Å². The second-order valence-electron chi connectivity index (χ2n) is 9.11. The van der Waals surface area contributed by atoms with Gasteiger partial charge >= 0.3 is 6.03 Å². The van der Waals surface area contributed by atoms with Crippen molar-refractivity contribution in [2.75, 3.05) is 5.32 Å². The average Bonchev–Trinajstić information content (AvgIpc) is 3.10. The number of nitrogens with zero attached hydrogens (tertiary/aromatic N) is 2. The number of pyridine rings is 1. The molecule has 2 unspecified atom stereocenters. The summed E-state index contributed by atoms with van der Waals surface area (Å²) in [4.78, 5) is 17.8. The van der Waals surface area contributed by atoms with Gasteiger partial charge in [0.2, 0.25) is 0 Å². The number of anilines is 1. The molecule has 7 nitrogen and oxygen atoms in total. The molecular formula is C22H30N4O3S2. The third kappa shape index (κ3) is 4.41. The number of aromatic nitrogens is 1. The number of hydrogen-bond acceptors (Lipinski definition) is 5. The summed E-state index contributed by atoms with van der Waals surface area (Å²) in [6, 6.07) is 0.841. The van der Waals surface area contributed by atoms with Gasteiger partial charge < -0.3 is 10.4 Å². The average molecular weight is 463 g/mol. The van der Waals surface area contributed by atoms with E-state index >= 15 is 0 Å². The molecule has 2 aliphatic rings. The fourth-order valence-electron chi connectivity index (χ4n) is 4.25. The van der Waals surface area contributed by atoms with Gasteiger partial charge in [0.25, 0.3) is 0 Å². The highest BCUT2D eigenvalue weighted by molar-refractivity contribution is 7.93. The molecule has 2 aliphatic carbocycles. The summed E-state index contributed by atoms with van der Waals surface area (Å²) in [5, 5.41) is 20.7. The van der Waals surface area contributed by atoms with E-state index in [1.807, 2.05) is 0 Å². The van der Waals surface area contributed by atoms with Crippen molar-refractivity contribution in [1.29, 1.82) is 0 Å². The van der Waals surface area contributed by atoms with Crippen molar-refractivity contribution in [2.24, 2.45) is 15.4 Å². The van der Waals surface area contributed by atoms with E-state index in [4.69, 9.17) is 10.1 Å². The van der Waals surface area contributed by atoms with E-state index in [-0.39, 0.29) is 4.21 Å². The number of urea groups is 1. The van der Waals surface area contributed by atoms with Crippen molar-refractivity contribution in [3.63, 3.8) is 0 Å². The summed E-state index contributed by atoms with van der Waals surface area (Å²) < 4.78 is 17.1. The number of hydrogen-bond donors (Lipinski definition) is 3. The van der Waals surface area contributed by atoms with Crippen LogP contribution in [0.25, 0.3) is 0 Å². The molecule has 4 rings (SSSR count). The molecule has 4 N–H and O–H groups in total. The van der Waals surface area contributed by atoms with Gasteiger partial charge in [-0.2, -0.15) is 0 Å². The van der Waals surface area contributed by atoms with Crippen LogP contribution in [0.1, 0.15) is 74.5 Å². The molecule has 3 atom stereocenters. The normalized spacial score (nSPS) is 22.0. The number of thiophene rings is 1. The first kappa shape index (κ1) is 22.4. The zero-order chi connectivity index (χ0) is 22.6. The number of nitrogens with one attached hydrogen (secondary N) is 1. The number of carbonyl (C=O) groups is 1. The van der Waals surface area contributed by atoms with Crippen molar-refractivity contribution in [3.05, 3.63) is 39.5 Å². The molecule has 0 bridgehead atoms. The number of carbonyl (C=O) groups excluding carboxylic acids is 1. The van der Waals surface area contributed by atoms with Crippen LogP contribution in [0.15, 0.2) is 20.0 Å². The predicted octanol–water partition coefficient (Wildman–Crippen LogP) is 4.48. The van der Waals surface area contributed by atoms with Crippen LogP contribution in [-0.2, 0) is 34.8 Å². The molecule has 1 saturated carbocycles. The lowest BCUT2D eigenvalue weighted by atomic mass is 9.99. The Balaban J connectivity index is 1.68. The van der Waals surface area contributed by atoms with Crippen LogP contribution in [0.5, 0.6) is 0 Å². The summed E-state index contributed by atoms with van der Waals surface area (Å²) in [6.45, 7) is 7.56. The lowest BCUT2D eigenvalue weighted by Gasteiger charge is -2.18. The van der Waals surface area contributed by atoms with Gasteiger partial charge in [0, 0.05) is 17.3 Å². The Hall–Kier alpha value is -1.81. The Morgan fingerprint density at radius 2 is 2.16 bits per heavy atom. The van der Waals surface area contributed by atoms with Crippen molar-refractivity contribution in [1.82, 2.24) is 4.98 Å². The Morgan fingerprint density at radius 1 is 1.45 bits per heavy atom. The van der Waals surface area contributed by atoms with Gasteiger partial charge in [-0.15, -0.1) is 15.7 Å². The highest BCUT2D eigenvalue weighted by Gasteiger charge is 2.38. The minimum Gasteiger partial charge on any atom is -0.386 e. The molecule has 168 valence electrons. The minimum atomic E-state index is -3.42. The summed E-state index contributed by atoms with van der Waals surface area (Å²) in [6.07, 6.45) is 4.67. The molecule has 0 aliphatic heterocycles. The standard InChI is InChI=1S/C22H30N4O3S2/c1-5-14-19(15-7-6-8-17(15)24-20(14)16-9-12(16)2)25-21(27)26-31(23,29)18-10-13(11-30-18)22(3,4)28/h10-12,16,28H,5-9H2,1-4H3,(H3,23,24,25,26,27,29)/t12-,16?,31?/m1/s1. The summed E-state index contributed by atoms with van der Waals surface area (Å²) >= 11 is 1.13. The third-order valence-electron chi connectivity index (χ3n) is 6.19. The Bertz CT molecular complexity index is 1160. The van der Waals surface area contributed by atoms with Crippen LogP contribution in [0, 0.1) is 5.92 Å². The highest BCUT2D eigenvalue weighted by atomic mass is 32.2. The molecule has 31 heavy (non-hydrogen) atoms. The Kier molecular flexibility index (Phi) is 5.74. The molecule has 9 heteroatoms. The maximum absolute atomic E-state index is 13.0. The first-order valence-corrected chi connectivity index (χ1v) is 13.2. The van der Waals surface area contributed by atoms with Crippen LogP contribution in [-0.4, -0.2) is 20.3 Å². The monoisotopic (exact) mass is 462 g/mol. The first-order valence-electron chi connectivity index (χ1n) is 10.7. The quantitative estimate of drug-likeness (QED) is 0.607. The molecule has 0 spiro atoms. The Labute approximate surface area is 187 Å². The van der Waals surface area contributed by atoms with Crippen LogP contribution >= 0.6 is 11.3 Å². The lowest BCUT2D eigenvalue weighted by Crippen LogP contribution is -2.19. The topological polar surface area (TPSA) is 118 Å². The lowest BCUT2D eigenvalue weighted by molar-refractivity contribution is 0.0789. The summed E-state index contributed by atoms with van der Waals surface area (Å²) in [7, 11) is -3.42. The molecule has 1 fully saturated rings. The first-order chi connectivity index (χ1) is 14.5. The maximum atomic E-state index is 13.0. The number of amides is 2. The SMILES string of the molecule is CCc1c(C2C[C@H]2C)nc2c(c1NC(=O)N=S(N)(=O)c1cc(C(C)(C)O)cs1)CCC2. The summed E-state index contributed by atoms with van der Waals surface area (Å²) in [5.41, 5.74) is 4.56. The van der Waals surface area contributed by atoms with Gasteiger partial charge in [0.1, 0.15) is 4.21 Å². The van der Waals surface area contributed by atoms with Crippen molar-refractivity contribution in [2.45, 2.75) is 75.5 Å². The van der Waals surface area contributed by atoms with Crippen molar-refractivity contribution in [3.8, 4) is 0 Å². The number of rotatable bonds is 5. The van der Waals surface area contributed by atoms with E-state index < -0.39 is 21.5 Å². The van der Waals surface area contributed by atoms with Crippen molar-refractivity contribution < 1.29 is 14.1 Å². The zero-order valence-electron chi connectivity index (χ0n) is 18.4. The van der Waals surface area contributed by atoms with Crippen molar-refractivity contribution >= 4 is 33.0 Å². The van der Waals surface area contributed by atoms with Crippen LogP contribution in [0.3, 0.4) is 0 Å². The third-order valence-corrected chi connectivity index (χ3v) is 9.05. The van der Waals surface area contributed by atoms with Gasteiger partial charge in [-0.3, -0.25) is 4.98 Å². The van der Waals surface area contributed by atoms with Crippen LogP contribution in [0.4, 0.5) is 10.5 Å². The van der Waals surface area contributed by atoms with E-state index in [0.29, 0.717) is 17.4 Å². The second-order valence-corrected chi connectivity index (χ2v) is 12.0. The highest BCUT2D eigenvalue weighted by Crippen LogP contribution is 2.49. The number of aryl methyl sites for hydroxylation is 1. The number of aliphatic hydroxyl groups is 1. The predicted molar refractivity (Wildman–Crippen MR) is 124 cm³/mol. The number of fused-ring (bicyclic) bond motifs is 1. The van der Waals surface area contributed by atoms with E-state index in [1.54, 1.807) is 25.3 Å². The van der Waals surface area contributed by atoms with E-state index in [0.717, 1.165) is 71.6 Å². The zero-order valence-corrected chi connectivity index (χ0v) is 20.0. The largest absolute Gasteiger partial charge is 0.386 e. The molecule has 2 amide bonds. The van der Waals surface area contributed by atoms with Gasteiger partial charge in [-0.1, -0.05) is 13.8 Å². The molecule has 2 aromatic rings. The summed E-state index contributed by atoms with van der Waals surface area (Å²) in [5.74, 6) is 1.05. The maximum Gasteiger partial charge on any atom is 0.354 e. The molecule has 0 saturated heterocycles. The smallest absolute Gasteiger partial charge is 0.354 e. The van der Waals surface area contributed by atoms with E-state index in [2.05, 4.69) is 23.5 Å².